The second kappa shape index (κ2) is 10.9. The van der Waals surface area contributed by atoms with E-state index in [4.69, 9.17) is 4.74 Å². The van der Waals surface area contributed by atoms with Crippen LogP contribution in [0.5, 0.6) is 5.75 Å². The Hall–Kier alpha value is -3.15. The Morgan fingerprint density at radius 2 is 1.54 bits per heavy atom. The number of ether oxygens (including phenoxy) is 1. The van der Waals surface area contributed by atoms with Crippen LogP contribution in [0.15, 0.2) is 48.5 Å². The van der Waals surface area contributed by atoms with Gasteiger partial charge in [0, 0.05) is 30.6 Å². The molecule has 0 unspecified atom stereocenters. The summed E-state index contributed by atoms with van der Waals surface area (Å²) in [5.74, 6) is 0.0743. The normalized spacial score (nSPS) is 10.2. The maximum atomic E-state index is 12.2. The summed E-state index contributed by atoms with van der Waals surface area (Å²) in [4.78, 5) is 35.6. The van der Waals surface area contributed by atoms with Gasteiger partial charge in [0.1, 0.15) is 5.75 Å². The Balaban J connectivity index is 1.77. The van der Waals surface area contributed by atoms with Crippen LogP contribution in [-0.2, 0) is 16.0 Å². The van der Waals surface area contributed by atoms with Crippen molar-refractivity contribution in [1.82, 2.24) is 5.32 Å². The van der Waals surface area contributed by atoms with Crippen molar-refractivity contribution in [3.63, 3.8) is 0 Å². The molecule has 0 fully saturated rings. The molecule has 0 aliphatic heterocycles. The fourth-order valence-corrected chi connectivity index (χ4v) is 2.55. The molecule has 0 atom stereocenters. The lowest BCUT2D eigenvalue weighted by Gasteiger charge is -2.08. The van der Waals surface area contributed by atoms with E-state index in [-0.39, 0.29) is 37.0 Å². The molecule has 2 aromatic rings. The van der Waals surface area contributed by atoms with Gasteiger partial charge in [-0.15, -0.1) is 0 Å². The molecule has 0 radical (unpaired) electrons. The first-order chi connectivity index (χ1) is 13.5. The van der Waals surface area contributed by atoms with E-state index < -0.39 is 0 Å². The highest BCUT2D eigenvalue weighted by molar-refractivity contribution is 6.00. The first-order valence-corrected chi connectivity index (χ1v) is 9.43. The fourth-order valence-electron chi connectivity index (χ4n) is 2.55. The summed E-state index contributed by atoms with van der Waals surface area (Å²) in [5, 5.41) is 5.40. The van der Waals surface area contributed by atoms with Gasteiger partial charge in [0.2, 0.25) is 5.91 Å². The average Bonchev–Trinajstić information content (AvgIpc) is 2.72. The van der Waals surface area contributed by atoms with Gasteiger partial charge in [0.05, 0.1) is 0 Å². The summed E-state index contributed by atoms with van der Waals surface area (Å²) in [6, 6.07) is 14.2. The van der Waals surface area contributed by atoms with Crippen LogP contribution < -0.4 is 15.4 Å². The van der Waals surface area contributed by atoms with Crippen LogP contribution in [0.3, 0.4) is 0 Å². The fraction of sp³-hybridized carbons (Fsp3) is 0.318. The average molecular weight is 382 g/mol. The van der Waals surface area contributed by atoms with Crippen LogP contribution in [0.2, 0.25) is 0 Å². The third-order valence-electron chi connectivity index (χ3n) is 4.15. The van der Waals surface area contributed by atoms with E-state index in [1.54, 1.807) is 36.4 Å². The lowest BCUT2D eigenvalue weighted by molar-refractivity contribution is -0.123. The molecule has 28 heavy (non-hydrogen) atoms. The van der Waals surface area contributed by atoms with E-state index in [9.17, 15) is 14.4 Å². The molecule has 0 saturated carbocycles. The molecule has 0 heterocycles. The second-order valence-electron chi connectivity index (χ2n) is 6.29. The van der Waals surface area contributed by atoms with E-state index >= 15 is 0 Å². The molecule has 2 aromatic carbocycles. The zero-order valence-corrected chi connectivity index (χ0v) is 16.3. The van der Waals surface area contributed by atoms with E-state index in [1.807, 2.05) is 19.1 Å². The van der Waals surface area contributed by atoms with Gasteiger partial charge in [-0.3, -0.25) is 14.4 Å². The minimum absolute atomic E-state index is 0.0492. The van der Waals surface area contributed by atoms with Gasteiger partial charge in [-0.05, 0) is 43.2 Å². The lowest BCUT2D eigenvalue weighted by Crippen LogP contribution is -2.28. The van der Waals surface area contributed by atoms with Gasteiger partial charge >= 0.3 is 0 Å². The zero-order valence-electron chi connectivity index (χ0n) is 16.3. The van der Waals surface area contributed by atoms with Crippen molar-refractivity contribution in [2.24, 2.45) is 0 Å². The number of carbonyl (C=O) groups is 3. The quantitative estimate of drug-likeness (QED) is 0.617. The summed E-state index contributed by atoms with van der Waals surface area (Å²) < 4.78 is 5.36. The highest BCUT2D eigenvalue weighted by Crippen LogP contribution is 2.16. The highest BCUT2D eigenvalue weighted by Gasteiger charge is 2.10. The number of nitrogens with one attached hydrogen (secondary N) is 2. The van der Waals surface area contributed by atoms with Gasteiger partial charge < -0.3 is 15.4 Å². The molecule has 148 valence electrons. The molecule has 0 aromatic heterocycles. The molecule has 2 rings (SSSR count). The number of benzene rings is 2. The number of Topliss-reactive ketones (excluding diaryl/α,β-unsaturated/α-hetero) is 1. The highest BCUT2D eigenvalue weighted by atomic mass is 16.5. The molecule has 6 heteroatoms. The van der Waals surface area contributed by atoms with E-state index in [2.05, 4.69) is 17.6 Å². The van der Waals surface area contributed by atoms with Crippen LogP contribution in [0.4, 0.5) is 5.69 Å². The minimum Gasteiger partial charge on any atom is -0.484 e. The molecular formula is C22H26N2O4. The van der Waals surface area contributed by atoms with E-state index in [0.717, 1.165) is 6.42 Å². The van der Waals surface area contributed by atoms with Crippen LogP contribution in [0.1, 0.15) is 42.6 Å². The van der Waals surface area contributed by atoms with E-state index in [1.165, 1.54) is 5.56 Å². The molecule has 0 saturated heterocycles. The lowest BCUT2D eigenvalue weighted by atomic mass is 10.0. The Morgan fingerprint density at radius 3 is 2.14 bits per heavy atom. The Labute approximate surface area is 165 Å². The number of likely N-dealkylation sites (N-methyl/N-ethyl adjacent to an activating group) is 1. The summed E-state index contributed by atoms with van der Waals surface area (Å²) in [5.41, 5.74) is 2.40. The summed E-state index contributed by atoms with van der Waals surface area (Å²) in [6.45, 7) is 4.40. The third kappa shape index (κ3) is 6.87. The van der Waals surface area contributed by atoms with Crippen LogP contribution in [-0.4, -0.2) is 30.7 Å². The predicted molar refractivity (Wildman–Crippen MR) is 109 cm³/mol. The number of amides is 2. The first kappa shape index (κ1) is 21.2. The molecule has 6 nitrogen and oxygen atoms in total. The van der Waals surface area contributed by atoms with Gasteiger partial charge in [-0.2, -0.15) is 0 Å². The second-order valence-corrected chi connectivity index (χ2v) is 6.29. The van der Waals surface area contributed by atoms with Gasteiger partial charge in [-0.1, -0.05) is 31.2 Å². The number of ketones is 1. The van der Waals surface area contributed by atoms with Crippen molar-refractivity contribution in [2.45, 2.75) is 33.1 Å². The predicted octanol–water partition coefficient (Wildman–Crippen LogP) is 3.37. The number of hydrogen-bond acceptors (Lipinski definition) is 4. The van der Waals surface area contributed by atoms with Crippen LogP contribution >= 0.6 is 0 Å². The number of rotatable bonds is 10. The number of hydrogen-bond donors (Lipinski definition) is 2. The van der Waals surface area contributed by atoms with Crippen molar-refractivity contribution in [3.05, 3.63) is 59.7 Å². The Kier molecular flexibility index (Phi) is 8.21. The summed E-state index contributed by atoms with van der Waals surface area (Å²) in [6.07, 6.45) is 1.20. The number of anilines is 1. The topological polar surface area (TPSA) is 84.5 Å². The standard InChI is InChI=1S/C22H26N2O4/c1-3-16-5-7-17(8-6-16)20(25)13-14-21(26)24-18-9-11-19(12-10-18)28-15-22(27)23-4-2/h5-12H,3-4,13-15H2,1-2H3,(H,23,27)(H,24,26). The van der Waals surface area contributed by atoms with Crippen molar-refractivity contribution in [2.75, 3.05) is 18.5 Å². The van der Waals surface area contributed by atoms with Crippen molar-refractivity contribution in [1.29, 1.82) is 0 Å². The van der Waals surface area contributed by atoms with Crippen LogP contribution in [0, 0.1) is 0 Å². The monoisotopic (exact) mass is 382 g/mol. The molecule has 0 aliphatic rings. The molecule has 0 aliphatic carbocycles. The smallest absolute Gasteiger partial charge is 0.257 e. The third-order valence-corrected chi connectivity index (χ3v) is 4.15. The maximum Gasteiger partial charge on any atom is 0.257 e. The number of aryl methyl sites for hydroxylation is 1. The van der Waals surface area contributed by atoms with Gasteiger partial charge in [0.15, 0.2) is 12.4 Å². The maximum absolute atomic E-state index is 12.2. The Bertz CT molecular complexity index is 798. The SMILES string of the molecule is CCNC(=O)COc1ccc(NC(=O)CCC(=O)c2ccc(CC)cc2)cc1. The largest absolute Gasteiger partial charge is 0.484 e. The molecule has 0 spiro atoms. The van der Waals surface area contributed by atoms with Gasteiger partial charge in [-0.25, -0.2) is 0 Å². The van der Waals surface area contributed by atoms with Gasteiger partial charge in [0.25, 0.3) is 5.91 Å². The summed E-state index contributed by atoms with van der Waals surface area (Å²) >= 11 is 0. The molecule has 2 amide bonds. The Morgan fingerprint density at radius 1 is 0.857 bits per heavy atom. The molecule has 2 N–H and O–H groups in total. The van der Waals surface area contributed by atoms with Crippen LogP contribution in [0.25, 0.3) is 0 Å². The summed E-state index contributed by atoms with van der Waals surface area (Å²) in [7, 11) is 0. The van der Waals surface area contributed by atoms with Crippen molar-refractivity contribution in [3.8, 4) is 5.75 Å². The van der Waals surface area contributed by atoms with Crippen molar-refractivity contribution < 1.29 is 19.1 Å². The first-order valence-electron chi connectivity index (χ1n) is 9.43. The van der Waals surface area contributed by atoms with E-state index in [0.29, 0.717) is 23.5 Å². The number of carbonyl (C=O) groups excluding carboxylic acids is 3. The minimum atomic E-state index is -0.227. The molecule has 0 bridgehead atoms. The zero-order chi connectivity index (χ0) is 20.4. The van der Waals surface area contributed by atoms with Crippen molar-refractivity contribution >= 4 is 23.3 Å². The molecular weight excluding hydrogens is 356 g/mol.